The van der Waals surface area contributed by atoms with Crippen LogP contribution in [0.3, 0.4) is 0 Å². The highest BCUT2D eigenvalue weighted by atomic mass is 35.5. The predicted octanol–water partition coefficient (Wildman–Crippen LogP) is 1.21. The van der Waals surface area contributed by atoms with Crippen LogP contribution in [0.2, 0.25) is 0 Å². The van der Waals surface area contributed by atoms with E-state index in [2.05, 4.69) is 10.1 Å². The molecule has 1 fully saturated rings. The predicted molar refractivity (Wildman–Crippen MR) is 86.7 cm³/mol. The van der Waals surface area contributed by atoms with Crippen molar-refractivity contribution in [3.63, 3.8) is 0 Å². The SMILES string of the molecule is CN(CC(=O)N1CCNCC1)C(=O)c1cccc(OC(F)F)c1.Cl. The fourth-order valence-electron chi connectivity index (χ4n) is 2.31. The summed E-state index contributed by atoms with van der Waals surface area (Å²) in [5, 5.41) is 3.14. The summed E-state index contributed by atoms with van der Waals surface area (Å²) in [5.74, 6) is -0.650. The summed E-state index contributed by atoms with van der Waals surface area (Å²) in [6, 6.07) is 5.53. The molecule has 134 valence electrons. The lowest BCUT2D eigenvalue weighted by molar-refractivity contribution is -0.132. The maximum atomic E-state index is 12.3. The molecule has 1 N–H and O–H groups in total. The van der Waals surface area contributed by atoms with Gasteiger partial charge in [0, 0.05) is 38.8 Å². The molecular weight excluding hydrogens is 344 g/mol. The fourth-order valence-corrected chi connectivity index (χ4v) is 2.31. The Morgan fingerprint density at radius 2 is 2.00 bits per heavy atom. The molecule has 6 nitrogen and oxygen atoms in total. The van der Waals surface area contributed by atoms with Crippen LogP contribution in [0.1, 0.15) is 10.4 Å². The molecule has 2 amide bonds. The second-order valence-electron chi connectivity index (χ2n) is 5.20. The number of halogens is 3. The lowest BCUT2D eigenvalue weighted by Gasteiger charge is -2.29. The van der Waals surface area contributed by atoms with Gasteiger partial charge in [0.05, 0.1) is 6.54 Å². The average Bonchev–Trinajstić information content (AvgIpc) is 2.54. The molecule has 0 aliphatic carbocycles. The molecule has 9 heteroatoms. The van der Waals surface area contributed by atoms with E-state index in [4.69, 9.17) is 0 Å². The average molecular weight is 364 g/mol. The van der Waals surface area contributed by atoms with E-state index in [1.54, 1.807) is 4.90 Å². The maximum absolute atomic E-state index is 12.3. The van der Waals surface area contributed by atoms with Crippen molar-refractivity contribution in [1.29, 1.82) is 0 Å². The zero-order valence-corrected chi connectivity index (χ0v) is 14.0. The fraction of sp³-hybridized carbons (Fsp3) is 0.467. The molecule has 0 unspecified atom stereocenters. The Bertz CT molecular complexity index is 569. The van der Waals surface area contributed by atoms with E-state index in [9.17, 15) is 18.4 Å². The Hall–Kier alpha value is -1.93. The van der Waals surface area contributed by atoms with Crippen molar-refractivity contribution in [2.75, 3.05) is 39.8 Å². The van der Waals surface area contributed by atoms with Gasteiger partial charge in [0.1, 0.15) is 5.75 Å². The van der Waals surface area contributed by atoms with Crippen LogP contribution in [-0.2, 0) is 4.79 Å². The lowest BCUT2D eigenvalue weighted by Crippen LogP contribution is -2.49. The Morgan fingerprint density at radius 3 is 2.62 bits per heavy atom. The summed E-state index contributed by atoms with van der Waals surface area (Å²) in [6.07, 6.45) is 0. The van der Waals surface area contributed by atoms with Gasteiger partial charge in [-0.25, -0.2) is 0 Å². The van der Waals surface area contributed by atoms with E-state index < -0.39 is 12.5 Å². The van der Waals surface area contributed by atoms with Crippen molar-refractivity contribution in [2.45, 2.75) is 6.61 Å². The highest BCUT2D eigenvalue weighted by molar-refractivity contribution is 5.96. The van der Waals surface area contributed by atoms with Gasteiger partial charge in [-0.1, -0.05) is 6.07 Å². The first-order valence-corrected chi connectivity index (χ1v) is 7.26. The number of alkyl halides is 2. The van der Waals surface area contributed by atoms with Crippen molar-refractivity contribution >= 4 is 24.2 Å². The first kappa shape index (κ1) is 20.1. The van der Waals surface area contributed by atoms with Gasteiger partial charge in [0.2, 0.25) is 5.91 Å². The van der Waals surface area contributed by atoms with E-state index in [0.717, 1.165) is 13.1 Å². The number of nitrogens with one attached hydrogen (secondary N) is 1. The molecule has 1 aromatic carbocycles. The minimum absolute atomic E-state index is 0. The molecule has 0 spiro atoms. The van der Waals surface area contributed by atoms with Gasteiger partial charge in [-0.2, -0.15) is 8.78 Å². The molecule has 1 aliphatic rings. The zero-order chi connectivity index (χ0) is 16.8. The molecule has 2 rings (SSSR count). The normalized spacial score (nSPS) is 14.1. The molecule has 24 heavy (non-hydrogen) atoms. The number of piperazine rings is 1. The molecule has 0 aromatic heterocycles. The van der Waals surface area contributed by atoms with Crippen LogP contribution in [0.4, 0.5) is 8.78 Å². The van der Waals surface area contributed by atoms with Gasteiger partial charge in [-0.05, 0) is 18.2 Å². The molecule has 1 aromatic rings. The molecule has 1 aliphatic heterocycles. The van der Waals surface area contributed by atoms with Crippen molar-refractivity contribution in [1.82, 2.24) is 15.1 Å². The lowest BCUT2D eigenvalue weighted by atomic mass is 10.2. The number of hydrogen-bond acceptors (Lipinski definition) is 4. The number of benzene rings is 1. The molecule has 0 radical (unpaired) electrons. The number of rotatable bonds is 5. The monoisotopic (exact) mass is 363 g/mol. The van der Waals surface area contributed by atoms with E-state index in [1.165, 1.54) is 36.2 Å². The summed E-state index contributed by atoms with van der Waals surface area (Å²) in [6.45, 7) is -0.324. The van der Waals surface area contributed by atoms with Crippen LogP contribution in [0.15, 0.2) is 24.3 Å². The largest absolute Gasteiger partial charge is 0.435 e. The zero-order valence-electron chi connectivity index (χ0n) is 13.2. The number of nitrogens with zero attached hydrogens (tertiary/aromatic N) is 2. The molecule has 1 heterocycles. The third-order valence-electron chi connectivity index (χ3n) is 3.49. The molecule has 0 bridgehead atoms. The highest BCUT2D eigenvalue weighted by Crippen LogP contribution is 2.17. The number of ether oxygens (including phenoxy) is 1. The van der Waals surface area contributed by atoms with Crippen molar-refractivity contribution in [3.8, 4) is 5.75 Å². The van der Waals surface area contributed by atoms with Crippen molar-refractivity contribution < 1.29 is 23.1 Å². The third kappa shape index (κ3) is 5.61. The quantitative estimate of drug-likeness (QED) is 0.854. The highest BCUT2D eigenvalue weighted by Gasteiger charge is 2.21. The second kappa shape index (κ2) is 9.39. The van der Waals surface area contributed by atoms with Crippen molar-refractivity contribution in [2.24, 2.45) is 0 Å². The first-order valence-electron chi connectivity index (χ1n) is 7.26. The van der Waals surface area contributed by atoms with Crippen LogP contribution >= 0.6 is 12.4 Å². The van der Waals surface area contributed by atoms with Gasteiger partial charge in [0.25, 0.3) is 5.91 Å². The standard InChI is InChI=1S/C15H19F2N3O3.ClH/c1-19(10-13(21)20-7-5-18-6-8-20)14(22)11-3-2-4-12(9-11)23-15(16)17;/h2-4,9,15,18H,5-8,10H2,1H3;1H. The van der Waals surface area contributed by atoms with Gasteiger partial charge in [-0.3, -0.25) is 9.59 Å². The summed E-state index contributed by atoms with van der Waals surface area (Å²) < 4.78 is 28.7. The number of carbonyl (C=O) groups is 2. The van der Waals surface area contributed by atoms with Crippen molar-refractivity contribution in [3.05, 3.63) is 29.8 Å². The Kier molecular flexibility index (Phi) is 7.87. The van der Waals surface area contributed by atoms with Gasteiger partial charge < -0.3 is 19.9 Å². The van der Waals surface area contributed by atoms with Crippen LogP contribution < -0.4 is 10.1 Å². The van der Waals surface area contributed by atoms with E-state index in [1.807, 2.05) is 0 Å². The molecule has 1 saturated heterocycles. The first-order chi connectivity index (χ1) is 11.0. The number of likely N-dealkylation sites (N-methyl/N-ethyl adjacent to an activating group) is 1. The summed E-state index contributed by atoms with van der Waals surface area (Å²) in [7, 11) is 1.50. The third-order valence-corrected chi connectivity index (χ3v) is 3.49. The second-order valence-corrected chi connectivity index (χ2v) is 5.20. The number of amides is 2. The Balaban J connectivity index is 0.00000288. The smallest absolute Gasteiger partial charge is 0.387 e. The van der Waals surface area contributed by atoms with E-state index >= 15 is 0 Å². The van der Waals surface area contributed by atoms with E-state index in [0.29, 0.717) is 13.1 Å². The maximum Gasteiger partial charge on any atom is 0.387 e. The van der Waals surface area contributed by atoms with Gasteiger partial charge in [-0.15, -0.1) is 12.4 Å². The summed E-state index contributed by atoms with van der Waals surface area (Å²) in [5.41, 5.74) is 0.193. The number of carbonyl (C=O) groups excluding carboxylic acids is 2. The van der Waals surface area contributed by atoms with Crippen LogP contribution in [0, 0.1) is 0 Å². The topological polar surface area (TPSA) is 61.9 Å². The minimum atomic E-state index is -2.95. The van der Waals surface area contributed by atoms with Gasteiger partial charge in [0.15, 0.2) is 0 Å². The Morgan fingerprint density at radius 1 is 1.33 bits per heavy atom. The van der Waals surface area contributed by atoms with Crippen LogP contribution in [0.25, 0.3) is 0 Å². The van der Waals surface area contributed by atoms with E-state index in [-0.39, 0.29) is 36.2 Å². The van der Waals surface area contributed by atoms with Crippen LogP contribution in [0.5, 0.6) is 5.75 Å². The Labute approximate surface area is 145 Å². The van der Waals surface area contributed by atoms with Crippen LogP contribution in [-0.4, -0.2) is 68.0 Å². The summed E-state index contributed by atoms with van der Waals surface area (Å²) in [4.78, 5) is 27.4. The minimum Gasteiger partial charge on any atom is -0.435 e. The van der Waals surface area contributed by atoms with Gasteiger partial charge >= 0.3 is 6.61 Å². The molecular formula is C15H20ClF2N3O3. The molecule has 0 atom stereocenters. The summed E-state index contributed by atoms with van der Waals surface area (Å²) >= 11 is 0. The molecule has 0 saturated carbocycles. The number of hydrogen-bond donors (Lipinski definition) is 1.